The summed E-state index contributed by atoms with van der Waals surface area (Å²) in [6.07, 6.45) is -0.266. The summed E-state index contributed by atoms with van der Waals surface area (Å²) in [6, 6.07) is 12.7. The van der Waals surface area contributed by atoms with E-state index in [1.807, 2.05) is 31.2 Å². The average molecular weight is 376 g/mol. The molecule has 1 atom stereocenters. The van der Waals surface area contributed by atoms with Crippen molar-refractivity contribution in [2.45, 2.75) is 32.8 Å². The van der Waals surface area contributed by atoms with Gasteiger partial charge in [-0.3, -0.25) is 9.59 Å². The van der Waals surface area contributed by atoms with E-state index in [0.29, 0.717) is 17.1 Å². The maximum Gasteiger partial charge on any atom is 0.306 e. The second-order valence-electron chi connectivity index (χ2n) is 5.85. The van der Waals surface area contributed by atoms with Crippen LogP contribution in [0.15, 0.2) is 42.5 Å². The standard InChI is InChI=1S/C20H22ClNO4/c1-13-16(21)8-6-9-17(13)22-20(24)14(2)26-19(23)12-11-15-7-4-5-10-18(15)25-3/h4-10,14H,11-12H2,1-3H3,(H,22,24)/t14-/m0/s1. The number of carbonyl (C=O) groups is 2. The number of benzene rings is 2. The Hall–Kier alpha value is -2.53. The summed E-state index contributed by atoms with van der Waals surface area (Å²) in [5, 5.41) is 3.29. The van der Waals surface area contributed by atoms with Crippen LogP contribution in [-0.2, 0) is 20.7 Å². The molecule has 26 heavy (non-hydrogen) atoms. The molecule has 0 aliphatic rings. The largest absolute Gasteiger partial charge is 0.496 e. The number of hydrogen-bond acceptors (Lipinski definition) is 4. The van der Waals surface area contributed by atoms with Crippen molar-refractivity contribution in [2.24, 2.45) is 0 Å². The van der Waals surface area contributed by atoms with Crippen LogP contribution in [0.25, 0.3) is 0 Å². The van der Waals surface area contributed by atoms with Crippen LogP contribution < -0.4 is 10.1 Å². The number of hydrogen-bond donors (Lipinski definition) is 1. The Morgan fingerprint density at radius 2 is 1.88 bits per heavy atom. The van der Waals surface area contributed by atoms with Crippen LogP contribution in [-0.4, -0.2) is 25.1 Å². The van der Waals surface area contributed by atoms with Crippen LogP contribution in [0.4, 0.5) is 5.69 Å². The molecule has 2 rings (SSSR count). The fourth-order valence-electron chi connectivity index (χ4n) is 2.43. The highest BCUT2D eigenvalue weighted by Crippen LogP contribution is 2.23. The van der Waals surface area contributed by atoms with E-state index in [4.69, 9.17) is 21.1 Å². The molecule has 2 aromatic carbocycles. The van der Waals surface area contributed by atoms with Crippen LogP contribution in [0, 0.1) is 6.92 Å². The minimum absolute atomic E-state index is 0.161. The van der Waals surface area contributed by atoms with E-state index in [0.717, 1.165) is 16.9 Å². The normalized spacial score (nSPS) is 11.5. The fraction of sp³-hybridized carbons (Fsp3) is 0.300. The third-order valence-corrected chi connectivity index (χ3v) is 4.40. The molecule has 2 aromatic rings. The Kier molecular flexibility index (Phi) is 7.04. The highest BCUT2D eigenvalue weighted by atomic mass is 35.5. The van der Waals surface area contributed by atoms with Gasteiger partial charge in [0.25, 0.3) is 5.91 Å². The van der Waals surface area contributed by atoms with Crippen LogP contribution in [0.5, 0.6) is 5.75 Å². The highest BCUT2D eigenvalue weighted by molar-refractivity contribution is 6.31. The molecule has 138 valence electrons. The number of anilines is 1. The van der Waals surface area contributed by atoms with Crippen molar-refractivity contribution in [3.05, 3.63) is 58.6 Å². The lowest BCUT2D eigenvalue weighted by Crippen LogP contribution is -2.30. The van der Waals surface area contributed by atoms with Gasteiger partial charge in [0.05, 0.1) is 7.11 Å². The maximum absolute atomic E-state index is 12.2. The van der Waals surface area contributed by atoms with Crippen molar-refractivity contribution in [1.29, 1.82) is 0 Å². The Balaban J connectivity index is 1.88. The number of rotatable bonds is 7. The number of aryl methyl sites for hydroxylation is 1. The zero-order valence-electron chi connectivity index (χ0n) is 15.0. The molecule has 0 fully saturated rings. The van der Waals surface area contributed by atoms with Crippen LogP contribution in [0.3, 0.4) is 0 Å². The zero-order chi connectivity index (χ0) is 19.1. The summed E-state index contributed by atoms with van der Waals surface area (Å²) in [7, 11) is 1.58. The van der Waals surface area contributed by atoms with Gasteiger partial charge in [0.2, 0.25) is 0 Å². The lowest BCUT2D eigenvalue weighted by Gasteiger charge is -2.15. The Labute approximate surface area is 158 Å². The van der Waals surface area contributed by atoms with Crippen molar-refractivity contribution < 1.29 is 19.1 Å². The van der Waals surface area contributed by atoms with Gasteiger partial charge in [-0.15, -0.1) is 0 Å². The summed E-state index contributed by atoms with van der Waals surface area (Å²) >= 11 is 6.04. The highest BCUT2D eigenvalue weighted by Gasteiger charge is 2.19. The summed E-state index contributed by atoms with van der Waals surface area (Å²) in [5.74, 6) is -0.120. The molecule has 0 aliphatic carbocycles. The average Bonchev–Trinajstić information content (AvgIpc) is 2.63. The molecule has 0 aromatic heterocycles. The number of methoxy groups -OCH3 is 1. The van der Waals surface area contributed by atoms with Crippen molar-refractivity contribution >= 4 is 29.2 Å². The fourth-order valence-corrected chi connectivity index (χ4v) is 2.61. The van der Waals surface area contributed by atoms with Crippen molar-refractivity contribution in [2.75, 3.05) is 12.4 Å². The van der Waals surface area contributed by atoms with Gasteiger partial charge >= 0.3 is 5.97 Å². The third-order valence-electron chi connectivity index (χ3n) is 3.99. The molecular formula is C20H22ClNO4. The number of carbonyl (C=O) groups excluding carboxylic acids is 2. The Morgan fingerprint density at radius 3 is 2.62 bits per heavy atom. The summed E-state index contributed by atoms with van der Waals surface area (Å²) < 4.78 is 10.5. The van der Waals surface area contributed by atoms with Gasteiger partial charge in [-0.1, -0.05) is 35.9 Å². The first-order valence-corrected chi connectivity index (χ1v) is 8.67. The third kappa shape index (κ3) is 5.23. The molecule has 0 aliphatic heterocycles. The predicted molar refractivity (Wildman–Crippen MR) is 102 cm³/mol. The summed E-state index contributed by atoms with van der Waals surface area (Å²) in [4.78, 5) is 24.3. The molecular weight excluding hydrogens is 354 g/mol. The predicted octanol–water partition coefficient (Wildman–Crippen LogP) is 4.16. The van der Waals surface area contributed by atoms with E-state index < -0.39 is 18.0 Å². The molecule has 0 bridgehead atoms. The van der Waals surface area contributed by atoms with Gasteiger partial charge in [0.15, 0.2) is 6.10 Å². The summed E-state index contributed by atoms with van der Waals surface area (Å²) in [6.45, 7) is 3.35. The number of ether oxygens (including phenoxy) is 2. The minimum Gasteiger partial charge on any atom is -0.496 e. The van der Waals surface area contributed by atoms with Crippen molar-refractivity contribution in [3.8, 4) is 5.75 Å². The molecule has 0 heterocycles. The van der Waals surface area contributed by atoms with E-state index in [-0.39, 0.29) is 6.42 Å². The van der Waals surface area contributed by atoms with Gasteiger partial charge in [0, 0.05) is 17.1 Å². The first kappa shape index (κ1) is 19.8. The van der Waals surface area contributed by atoms with Gasteiger partial charge in [-0.2, -0.15) is 0 Å². The Morgan fingerprint density at radius 1 is 1.15 bits per heavy atom. The van der Waals surface area contributed by atoms with Crippen LogP contribution in [0.2, 0.25) is 5.02 Å². The van der Waals surface area contributed by atoms with Crippen LogP contribution in [0.1, 0.15) is 24.5 Å². The smallest absolute Gasteiger partial charge is 0.306 e. The SMILES string of the molecule is COc1ccccc1CCC(=O)O[C@@H](C)C(=O)Nc1cccc(Cl)c1C. The zero-order valence-corrected chi connectivity index (χ0v) is 15.8. The van der Waals surface area contributed by atoms with Gasteiger partial charge in [-0.05, 0) is 49.6 Å². The molecule has 0 saturated heterocycles. The van der Waals surface area contributed by atoms with Gasteiger partial charge in [-0.25, -0.2) is 0 Å². The van der Waals surface area contributed by atoms with Crippen molar-refractivity contribution in [1.82, 2.24) is 0 Å². The second-order valence-corrected chi connectivity index (χ2v) is 6.25. The number of halogens is 1. The maximum atomic E-state index is 12.2. The first-order valence-electron chi connectivity index (χ1n) is 8.29. The number of esters is 1. The van der Waals surface area contributed by atoms with Crippen LogP contribution >= 0.6 is 11.6 Å². The molecule has 6 heteroatoms. The summed E-state index contributed by atoms with van der Waals surface area (Å²) in [5.41, 5.74) is 2.27. The van der Waals surface area contributed by atoms with E-state index in [1.54, 1.807) is 25.3 Å². The van der Waals surface area contributed by atoms with E-state index in [2.05, 4.69) is 5.32 Å². The van der Waals surface area contributed by atoms with Gasteiger partial charge < -0.3 is 14.8 Å². The molecule has 0 saturated carbocycles. The van der Waals surface area contributed by atoms with E-state index in [1.165, 1.54) is 6.92 Å². The number of para-hydroxylation sites is 1. The minimum atomic E-state index is -0.904. The van der Waals surface area contributed by atoms with Gasteiger partial charge in [0.1, 0.15) is 5.75 Å². The monoisotopic (exact) mass is 375 g/mol. The lowest BCUT2D eigenvalue weighted by molar-refractivity contribution is -0.153. The lowest BCUT2D eigenvalue weighted by atomic mass is 10.1. The number of amides is 1. The molecule has 0 spiro atoms. The quantitative estimate of drug-likeness (QED) is 0.738. The second kappa shape index (κ2) is 9.25. The Bertz CT molecular complexity index is 791. The van der Waals surface area contributed by atoms with E-state index in [9.17, 15) is 9.59 Å². The van der Waals surface area contributed by atoms with E-state index >= 15 is 0 Å². The van der Waals surface area contributed by atoms with Crippen molar-refractivity contribution in [3.63, 3.8) is 0 Å². The molecule has 1 amide bonds. The first-order chi connectivity index (χ1) is 12.4. The molecule has 0 unspecified atom stereocenters. The molecule has 1 N–H and O–H groups in total. The molecule has 0 radical (unpaired) electrons. The molecule has 5 nitrogen and oxygen atoms in total. The topological polar surface area (TPSA) is 64.6 Å². The number of nitrogens with one attached hydrogen (secondary N) is 1.